The van der Waals surface area contributed by atoms with Gasteiger partial charge in [0.1, 0.15) is 5.69 Å². The monoisotopic (exact) mass is 259 g/mol. The number of methoxy groups -OCH3 is 1. The molecule has 1 aromatic carbocycles. The standard InChI is InChI=1S/C14H17N3O2/c1-11(9-19-2)16-14(18)13-8-15-10-17(13)12-6-4-3-5-7-12/h3-8,10-11H,9H2,1-2H3,(H,16,18)/t11-/m0/s1. The van der Waals surface area contributed by atoms with Crippen molar-refractivity contribution >= 4 is 5.91 Å². The molecule has 100 valence electrons. The van der Waals surface area contributed by atoms with Crippen LogP contribution >= 0.6 is 0 Å². The van der Waals surface area contributed by atoms with Gasteiger partial charge in [0.2, 0.25) is 0 Å². The topological polar surface area (TPSA) is 56.1 Å². The van der Waals surface area contributed by atoms with E-state index in [9.17, 15) is 4.79 Å². The summed E-state index contributed by atoms with van der Waals surface area (Å²) in [4.78, 5) is 16.2. The fourth-order valence-electron chi connectivity index (χ4n) is 1.85. The van der Waals surface area contributed by atoms with Crippen molar-refractivity contribution in [2.45, 2.75) is 13.0 Å². The number of hydrogen-bond donors (Lipinski definition) is 1. The Morgan fingerprint density at radius 2 is 2.16 bits per heavy atom. The average molecular weight is 259 g/mol. The van der Waals surface area contributed by atoms with E-state index in [1.54, 1.807) is 24.2 Å². The summed E-state index contributed by atoms with van der Waals surface area (Å²) in [6, 6.07) is 9.58. The van der Waals surface area contributed by atoms with Crippen LogP contribution in [0.5, 0.6) is 0 Å². The minimum absolute atomic E-state index is 0.0448. The molecule has 0 aliphatic carbocycles. The number of amides is 1. The van der Waals surface area contributed by atoms with Crippen LogP contribution in [0, 0.1) is 0 Å². The van der Waals surface area contributed by atoms with E-state index in [1.165, 1.54) is 0 Å². The van der Waals surface area contributed by atoms with E-state index in [4.69, 9.17) is 4.74 Å². The van der Waals surface area contributed by atoms with Gasteiger partial charge in [0, 0.05) is 18.8 Å². The van der Waals surface area contributed by atoms with Gasteiger partial charge in [-0.3, -0.25) is 9.36 Å². The van der Waals surface area contributed by atoms with Crippen LogP contribution < -0.4 is 5.32 Å². The van der Waals surface area contributed by atoms with Crippen molar-refractivity contribution in [2.75, 3.05) is 13.7 Å². The molecule has 1 N–H and O–H groups in total. The normalized spacial score (nSPS) is 12.1. The lowest BCUT2D eigenvalue weighted by atomic mass is 10.3. The average Bonchev–Trinajstić information content (AvgIpc) is 2.89. The zero-order chi connectivity index (χ0) is 13.7. The van der Waals surface area contributed by atoms with Gasteiger partial charge in [0.15, 0.2) is 0 Å². The third kappa shape index (κ3) is 3.20. The summed E-state index contributed by atoms with van der Waals surface area (Å²) < 4.78 is 6.76. The summed E-state index contributed by atoms with van der Waals surface area (Å²) in [6.07, 6.45) is 3.19. The zero-order valence-electron chi connectivity index (χ0n) is 11.0. The van der Waals surface area contributed by atoms with Crippen molar-refractivity contribution in [3.05, 3.63) is 48.5 Å². The Kier molecular flexibility index (Phi) is 4.30. The molecule has 1 atom stereocenters. The molecule has 1 aromatic heterocycles. The number of benzene rings is 1. The molecule has 0 aliphatic heterocycles. The van der Waals surface area contributed by atoms with E-state index in [2.05, 4.69) is 10.3 Å². The summed E-state index contributed by atoms with van der Waals surface area (Å²) in [6.45, 7) is 2.37. The van der Waals surface area contributed by atoms with E-state index in [0.717, 1.165) is 5.69 Å². The van der Waals surface area contributed by atoms with Crippen LogP contribution in [0.25, 0.3) is 5.69 Å². The molecule has 1 heterocycles. The maximum absolute atomic E-state index is 12.2. The lowest BCUT2D eigenvalue weighted by Gasteiger charge is -2.13. The minimum atomic E-state index is -0.161. The number of nitrogens with zero attached hydrogens (tertiary/aromatic N) is 2. The Balaban J connectivity index is 2.18. The summed E-state index contributed by atoms with van der Waals surface area (Å²) in [5, 5.41) is 2.87. The lowest BCUT2D eigenvalue weighted by molar-refractivity contribution is 0.0899. The van der Waals surface area contributed by atoms with Crippen LogP contribution in [-0.2, 0) is 4.74 Å². The van der Waals surface area contributed by atoms with E-state index >= 15 is 0 Å². The molecule has 2 rings (SSSR count). The first kappa shape index (κ1) is 13.3. The van der Waals surface area contributed by atoms with Crippen molar-refractivity contribution in [3.8, 4) is 5.69 Å². The van der Waals surface area contributed by atoms with Gasteiger partial charge in [0.05, 0.1) is 19.1 Å². The van der Waals surface area contributed by atoms with Crippen LogP contribution in [0.15, 0.2) is 42.9 Å². The molecule has 0 radical (unpaired) electrons. The second-order valence-electron chi connectivity index (χ2n) is 4.31. The number of carbonyl (C=O) groups excluding carboxylic acids is 1. The fraction of sp³-hybridized carbons (Fsp3) is 0.286. The van der Waals surface area contributed by atoms with Crippen molar-refractivity contribution in [1.29, 1.82) is 0 Å². The van der Waals surface area contributed by atoms with Crippen LogP contribution in [0.4, 0.5) is 0 Å². The molecule has 0 spiro atoms. The summed E-state index contributed by atoms with van der Waals surface area (Å²) in [5.74, 6) is -0.161. The molecular weight excluding hydrogens is 242 g/mol. The third-order valence-electron chi connectivity index (χ3n) is 2.70. The molecular formula is C14H17N3O2. The first-order valence-corrected chi connectivity index (χ1v) is 6.10. The van der Waals surface area contributed by atoms with E-state index in [0.29, 0.717) is 12.3 Å². The molecule has 0 aliphatic rings. The van der Waals surface area contributed by atoms with Crippen molar-refractivity contribution in [2.24, 2.45) is 0 Å². The number of nitrogens with one attached hydrogen (secondary N) is 1. The molecule has 19 heavy (non-hydrogen) atoms. The SMILES string of the molecule is COC[C@H](C)NC(=O)c1cncn1-c1ccccc1. The Bertz CT molecular complexity index is 537. The Labute approximate surface area is 112 Å². The molecule has 5 heteroatoms. The van der Waals surface area contributed by atoms with Gasteiger partial charge in [-0.25, -0.2) is 4.98 Å². The number of carbonyl (C=O) groups is 1. The van der Waals surface area contributed by atoms with Crippen LogP contribution in [0.2, 0.25) is 0 Å². The molecule has 0 bridgehead atoms. The van der Waals surface area contributed by atoms with E-state index < -0.39 is 0 Å². The first-order valence-electron chi connectivity index (χ1n) is 6.10. The summed E-state index contributed by atoms with van der Waals surface area (Å²) in [7, 11) is 1.61. The number of imidazole rings is 1. The molecule has 0 saturated carbocycles. The molecule has 0 saturated heterocycles. The van der Waals surface area contributed by atoms with Gasteiger partial charge in [-0.15, -0.1) is 0 Å². The van der Waals surface area contributed by atoms with Crippen LogP contribution in [-0.4, -0.2) is 35.2 Å². The predicted octanol–water partition coefficient (Wildman–Crippen LogP) is 1.64. The highest BCUT2D eigenvalue weighted by Crippen LogP contribution is 2.10. The van der Waals surface area contributed by atoms with E-state index in [1.807, 2.05) is 37.3 Å². The Hall–Kier alpha value is -2.14. The highest BCUT2D eigenvalue weighted by Gasteiger charge is 2.14. The quantitative estimate of drug-likeness (QED) is 0.888. The number of ether oxygens (including phenoxy) is 1. The van der Waals surface area contributed by atoms with Crippen LogP contribution in [0.1, 0.15) is 17.4 Å². The lowest BCUT2D eigenvalue weighted by Crippen LogP contribution is -2.36. The van der Waals surface area contributed by atoms with Crippen molar-refractivity contribution in [3.63, 3.8) is 0 Å². The van der Waals surface area contributed by atoms with Crippen molar-refractivity contribution in [1.82, 2.24) is 14.9 Å². The summed E-state index contributed by atoms with van der Waals surface area (Å²) >= 11 is 0. The maximum atomic E-state index is 12.2. The minimum Gasteiger partial charge on any atom is -0.383 e. The maximum Gasteiger partial charge on any atom is 0.270 e. The fourth-order valence-corrected chi connectivity index (χ4v) is 1.85. The molecule has 0 unspecified atom stereocenters. The largest absolute Gasteiger partial charge is 0.383 e. The van der Waals surface area contributed by atoms with Gasteiger partial charge in [-0.2, -0.15) is 0 Å². The van der Waals surface area contributed by atoms with Gasteiger partial charge < -0.3 is 10.1 Å². The highest BCUT2D eigenvalue weighted by atomic mass is 16.5. The van der Waals surface area contributed by atoms with E-state index in [-0.39, 0.29) is 11.9 Å². The predicted molar refractivity (Wildman–Crippen MR) is 72.4 cm³/mol. The van der Waals surface area contributed by atoms with Gasteiger partial charge >= 0.3 is 0 Å². The number of rotatable bonds is 5. The molecule has 2 aromatic rings. The third-order valence-corrected chi connectivity index (χ3v) is 2.70. The number of para-hydroxylation sites is 1. The molecule has 0 fully saturated rings. The van der Waals surface area contributed by atoms with Crippen LogP contribution in [0.3, 0.4) is 0 Å². The van der Waals surface area contributed by atoms with Crippen molar-refractivity contribution < 1.29 is 9.53 Å². The number of aromatic nitrogens is 2. The zero-order valence-corrected chi connectivity index (χ0v) is 11.0. The number of hydrogen-bond acceptors (Lipinski definition) is 3. The van der Waals surface area contributed by atoms with Gasteiger partial charge in [-0.1, -0.05) is 18.2 Å². The Morgan fingerprint density at radius 1 is 1.42 bits per heavy atom. The molecule has 1 amide bonds. The second kappa shape index (κ2) is 6.15. The molecule has 5 nitrogen and oxygen atoms in total. The summed E-state index contributed by atoms with van der Waals surface area (Å²) in [5.41, 5.74) is 1.42. The smallest absolute Gasteiger partial charge is 0.270 e. The Morgan fingerprint density at radius 3 is 2.84 bits per heavy atom. The van der Waals surface area contributed by atoms with Gasteiger partial charge in [0.25, 0.3) is 5.91 Å². The highest BCUT2D eigenvalue weighted by molar-refractivity contribution is 5.93. The first-order chi connectivity index (χ1) is 9.22. The second-order valence-corrected chi connectivity index (χ2v) is 4.31. The van der Waals surface area contributed by atoms with Gasteiger partial charge in [-0.05, 0) is 19.1 Å².